The number of ether oxygens (including phenoxy) is 1. The molecule has 126 valence electrons. The van der Waals surface area contributed by atoms with Crippen LogP contribution in [0.4, 0.5) is 5.69 Å². The second-order valence-corrected chi connectivity index (χ2v) is 6.77. The lowest BCUT2D eigenvalue weighted by molar-refractivity contribution is 0.0973. The van der Waals surface area contributed by atoms with Crippen molar-refractivity contribution in [1.82, 2.24) is 5.32 Å². The molecule has 0 aromatic heterocycles. The third-order valence-corrected chi connectivity index (χ3v) is 4.14. The summed E-state index contributed by atoms with van der Waals surface area (Å²) < 4.78 is 6.82. The first-order valence-electron chi connectivity index (χ1n) is 7.70. The summed E-state index contributed by atoms with van der Waals surface area (Å²) in [6, 6.07) is 14.9. The van der Waals surface area contributed by atoms with Gasteiger partial charge in [0.05, 0.1) is 12.2 Å². The highest BCUT2D eigenvalue weighted by molar-refractivity contribution is 14.1. The molecule has 0 aliphatic heterocycles. The van der Waals surface area contributed by atoms with Gasteiger partial charge in [-0.2, -0.15) is 0 Å². The van der Waals surface area contributed by atoms with Crippen LogP contribution in [-0.4, -0.2) is 17.6 Å². The Labute approximate surface area is 161 Å². The summed E-state index contributed by atoms with van der Waals surface area (Å²) in [5.41, 5.74) is 1.30. The molecular formula is C18H19IN2O2S. The lowest BCUT2D eigenvalue weighted by atomic mass is 10.2. The summed E-state index contributed by atoms with van der Waals surface area (Å²) in [6.45, 7) is 2.68. The van der Waals surface area contributed by atoms with Gasteiger partial charge in [-0.15, -0.1) is 0 Å². The molecule has 2 aromatic carbocycles. The highest BCUT2D eigenvalue weighted by Crippen LogP contribution is 2.18. The van der Waals surface area contributed by atoms with Crippen molar-refractivity contribution in [2.45, 2.75) is 19.8 Å². The Kier molecular flexibility index (Phi) is 7.45. The van der Waals surface area contributed by atoms with Crippen molar-refractivity contribution in [1.29, 1.82) is 0 Å². The zero-order valence-corrected chi connectivity index (χ0v) is 16.3. The van der Waals surface area contributed by atoms with Crippen LogP contribution >= 0.6 is 34.8 Å². The average Bonchev–Trinajstić information content (AvgIpc) is 2.57. The Morgan fingerprint density at radius 3 is 2.58 bits per heavy atom. The van der Waals surface area contributed by atoms with E-state index in [1.807, 2.05) is 30.3 Å². The number of hydrogen-bond donors (Lipinski definition) is 2. The van der Waals surface area contributed by atoms with Gasteiger partial charge < -0.3 is 10.1 Å². The zero-order valence-electron chi connectivity index (χ0n) is 13.3. The van der Waals surface area contributed by atoms with Gasteiger partial charge in [0.15, 0.2) is 5.11 Å². The van der Waals surface area contributed by atoms with E-state index in [0.29, 0.717) is 17.9 Å². The van der Waals surface area contributed by atoms with E-state index in [1.54, 1.807) is 18.2 Å². The number of benzene rings is 2. The highest BCUT2D eigenvalue weighted by Gasteiger charge is 2.13. The van der Waals surface area contributed by atoms with Gasteiger partial charge in [-0.25, -0.2) is 0 Å². The molecule has 0 bridgehead atoms. The Morgan fingerprint density at radius 1 is 1.17 bits per heavy atom. The van der Waals surface area contributed by atoms with E-state index in [4.69, 9.17) is 17.0 Å². The smallest absolute Gasteiger partial charge is 0.261 e. The SMILES string of the molecule is CCCCOc1ccccc1C(=O)NC(=S)Nc1ccc(I)cc1. The predicted molar refractivity (Wildman–Crippen MR) is 110 cm³/mol. The van der Waals surface area contributed by atoms with E-state index in [2.05, 4.69) is 40.1 Å². The molecule has 24 heavy (non-hydrogen) atoms. The van der Waals surface area contributed by atoms with Crippen molar-refractivity contribution in [3.63, 3.8) is 0 Å². The third kappa shape index (κ3) is 5.76. The standard InChI is InChI=1S/C18H19IN2O2S/c1-2-3-12-23-16-7-5-4-6-15(16)17(22)21-18(24)20-14-10-8-13(19)9-11-14/h4-11H,2-3,12H2,1H3,(H2,20,21,22,24). The van der Waals surface area contributed by atoms with E-state index in [9.17, 15) is 4.79 Å². The molecule has 0 atom stereocenters. The molecule has 0 heterocycles. The molecule has 0 radical (unpaired) electrons. The molecule has 0 fully saturated rings. The van der Waals surface area contributed by atoms with Gasteiger partial charge in [0.25, 0.3) is 5.91 Å². The topological polar surface area (TPSA) is 50.4 Å². The minimum absolute atomic E-state index is 0.254. The van der Waals surface area contributed by atoms with Crippen molar-refractivity contribution in [3.8, 4) is 5.75 Å². The Hall–Kier alpha value is -1.67. The van der Waals surface area contributed by atoms with Gasteiger partial charge in [-0.05, 0) is 77.6 Å². The molecule has 2 rings (SSSR count). The van der Waals surface area contributed by atoms with Gasteiger partial charge >= 0.3 is 0 Å². The van der Waals surface area contributed by atoms with E-state index < -0.39 is 0 Å². The molecule has 0 saturated carbocycles. The number of hydrogen-bond acceptors (Lipinski definition) is 3. The molecule has 6 heteroatoms. The zero-order chi connectivity index (χ0) is 17.4. The molecule has 0 aliphatic carbocycles. The minimum atomic E-state index is -0.287. The molecular weight excluding hydrogens is 435 g/mol. The number of amides is 1. The van der Waals surface area contributed by atoms with Crippen LogP contribution in [0.15, 0.2) is 48.5 Å². The Morgan fingerprint density at radius 2 is 1.88 bits per heavy atom. The summed E-state index contributed by atoms with van der Waals surface area (Å²) in [5, 5.41) is 5.94. The van der Waals surface area contributed by atoms with Crippen LogP contribution in [0.2, 0.25) is 0 Å². The number of carbonyl (C=O) groups is 1. The normalized spacial score (nSPS) is 10.1. The maximum Gasteiger partial charge on any atom is 0.261 e. The number of unbranched alkanes of at least 4 members (excludes halogenated alkanes) is 1. The van der Waals surface area contributed by atoms with Gasteiger partial charge in [0.1, 0.15) is 5.75 Å². The average molecular weight is 454 g/mol. The Balaban J connectivity index is 1.98. The van der Waals surface area contributed by atoms with Crippen LogP contribution in [0.5, 0.6) is 5.75 Å². The van der Waals surface area contributed by atoms with Crippen LogP contribution in [0.25, 0.3) is 0 Å². The number of halogens is 1. The van der Waals surface area contributed by atoms with E-state index in [1.165, 1.54) is 0 Å². The van der Waals surface area contributed by atoms with Crippen molar-refractivity contribution in [2.75, 3.05) is 11.9 Å². The van der Waals surface area contributed by atoms with Gasteiger partial charge in [0, 0.05) is 9.26 Å². The van der Waals surface area contributed by atoms with Gasteiger partial charge in [-0.3, -0.25) is 10.1 Å². The lowest BCUT2D eigenvalue weighted by Gasteiger charge is -2.13. The van der Waals surface area contributed by atoms with Crippen molar-refractivity contribution in [2.24, 2.45) is 0 Å². The summed E-state index contributed by atoms with van der Waals surface area (Å²) >= 11 is 7.44. The largest absolute Gasteiger partial charge is 0.493 e. The molecule has 0 unspecified atom stereocenters. The molecule has 4 nitrogen and oxygen atoms in total. The van der Waals surface area contributed by atoms with E-state index >= 15 is 0 Å². The van der Waals surface area contributed by atoms with Crippen molar-refractivity contribution in [3.05, 3.63) is 57.7 Å². The maximum atomic E-state index is 12.4. The van der Waals surface area contributed by atoms with Crippen LogP contribution in [0.1, 0.15) is 30.1 Å². The monoisotopic (exact) mass is 454 g/mol. The van der Waals surface area contributed by atoms with Crippen LogP contribution in [0, 0.1) is 3.57 Å². The molecule has 1 amide bonds. The number of rotatable bonds is 6. The second kappa shape index (κ2) is 9.58. The third-order valence-electron chi connectivity index (χ3n) is 3.22. The van der Waals surface area contributed by atoms with Crippen molar-refractivity contribution < 1.29 is 9.53 Å². The second-order valence-electron chi connectivity index (χ2n) is 5.11. The van der Waals surface area contributed by atoms with Crippen molar-refractivity contribution >= 4 is 51.5 Å². The molecule has 2 aromatic rings. The number of carbonyl (C=O) groups excluding carboxylic acids is 1. The number of anilines is 1. The fraction of sp³-hybridized carbons (Fsp3) is 0.222. The predicted octanol–water partition coefficient (Wildman–Crippen LogP) is 4.60. The first-order chi connectivity index (χ1) is 11.6. The number of nitrogens with one attached hydrogen (secondary N) is 2. The van der Waals surface area contributed by atoms with Crippen LogP contribution in [0.3, 0.4) is 0 Å². The number of para-hydroxylation sites is 1. The molecule has 0 spiro atoms. The maximum absolute atomic E-state index is 12.4. The van der Waals surface area contributed by atoms with Crippen LogP contribution in [-0.2, 0) is 0 Å². The fourth-order valence-corrected chi connectivity index (χ4v) is 2.54. The van der Waals surface area contributed by atoms with Gasteiger partial charge in [-0.1, -0.05) is 25.5 Å². The summed E-state index contributed by atoms with van der Waals surface area (Å²) in [7, 11) is 0. The number of thiocarbonyl (C=S) groups is 1. The lowest BCUT2D eigenvalue weighted by Crippen LogP contribution is -2.34. The first kappa shape index (κ1) is 18.7. The molecule has 0 saturated heterocycles. The van der Waals surface area contributed by atoms with E-state index in [-0.39, 0.29) is 11.0 Å². The quantitative estimate of drug-likeness (QED) is 0.381. The van der Waals surface area contributed by atoms with E-state index in [0.717, 1.165) is 22.1 Å². The minimum Gasteiger partial charge on any atom is -0.493 e. The van der Waals surface area contributed by atoms with Gasteiger partial charge in [0.2, 0.25) is 0 Å². The highest BCUT2D eigenvalue weighted by atomic mass is 127. The molecule has 2 N–H and O–H groups in total. The molecule has 0 aliphatic rings. The Bertz CT molecular complexity index is 704. The summed E-state index contributed by atoms with van der Waals surface area (Å²) in [6.07, 6.45) is 1.99. The summed E-state index contributed by atoms with van der Waals surface area (Å²) in [5.74, 6) is 0.283. The fourth-order valence-electron chi connectivity index (χ4n) is 1.97. The summed E-state index contributed by atoms with van der Waals surface area (Å²) in [4.78, 5) is 12.4. The van der Waals surface area contributed by atoms with Crippen LogP contribution < -0.4 is 15.4 Å². The first-order valence-corrected chi connectivity index (χ1v) is 9.18.